The number of carboxylic acids is 2. The van der Waals surface area contributed by atoms with Gasteiger partial charge in [0.2, 0.25) is 5.78 Å². The minimum Gasteiger partial charge on any atom is -0.481 e. The number of carboxylic acid groups (broad SMARTS) is 2. The number of allylic oxidation sites excluding steroid dienone is 1. The Labute approximate surface area is 297 Å². The smallest absolute Gasteiger partial charge is 0.330 e. The third-order valence-corrected chi connectivity index (χ3v) is 13.0. The quantitative estimate of drug-likeness (QED) is 0.167. The summed E-state index contributed by atoms with van der Waals surface area (Å²) in [6.45, 7) is 12.2. The maximum Gasteiger partial charge on any atom is 0.330 e. The van der Waals surface area contributed by atoms with Crippen molar-refractivity contribution in [1.82, 2.24) is 0 Å². The second-order valence-corrected chi connectivity index (χ2v) is 16.5. The topological polar surface area (TPSA) is 219 Å². The van der Waals surface area contributed by atoms with Gasteiger partial charge in [0, 0.05) is 41.7 Å². The van der Waals surface area contributed by atoms with E-state index in [0.29, 0.717) is 12.8 Å². The first-order valence-corrected chi connectivity index (χ1v) is 17.6. The van der Waals surface area contributed by atoms with Gasteiger partial charge in [0.1, 0.15) is 18.2 Å². The van der Waals surface area contributed by atoms with Crippen LogP contribution in [0.25, 0.3) is 0 Å². The molecule has 13 nitrogen and oxygen atoms in total. The Hall–Kier alpha value is -3.71. The lowest BCUT2D eigenvalue weighted by molar-refractivity contribution is -0.178. The number of aliphatic hydroxyl groups is 2. The number of Topliss-reactive ketones (excluding diaryl/α,β-unsaturated/α-hetero) is 3. The molecule has 10 unspecified atom stereocenters. The van der Waals surface area contributed by atoms with Gasteiger partial charge in [-0.1, -0.05) is 26.8 Å². The molecule has 0 heterocycles. The van der Waals surface area contributed by atoms with Gasteiger partial charge in [-0.05, 0) is 76.7 Å². The Kier molecular flexibility index (Phi) is 10.8. The maximum absolute atomic E-state index is 15.0. The molecule has 0 radical (unpaired) electrons. The van der Waals surface area contributed by atoms with Crippen molar-refractivity contribution >= 4 is 41.2 Å². The summed E-state index contributed by atoms with van der Waals surface area (Å²) in [6.07, 6.45) is -1.38. The summed E-state index contributed by atoms with van der Waals surface area (Å²) in [5.41, 5.74) is -6.49. The summed E-state index contributed by atoms with van der Waals surface area (Å²) < 4.78 is 11.4. The van der Waals surface area contributed by atoms with E-state index in [9.17, 15) is 48.9 Å². The minimum atomic E-state index is -1.89. The summed E-state index contributed by atoms with van der Waals surface area (Å²) in [5, 5.41) is 40.8. The van der Waals surface area contributed by atoms with Gasteiger partial charge < -0.3 is 29.9 Å². The number of aliphatic hydroxyl groups excluding tert-OH is 1. The van der Waals surface area contributed by atoms with Gasteiger partial charge in [-0.25, -0.2) is 4.79 Å². The molecule has 51 heavy (non-hydrogen) atoms. The van der Waals surface area contributed by atoms with Crippen molar-refractivity contribution < 1.29 is 63.5 Å². The van der Waals surface area contributed by atoms with Crippen LogP contribution in [0.2, 0.25) is 0 Å². The molecule has 0 amide bonds. The Morgan fingerprint density at radius 2 is 1.65 bits per heavy atom. The molecule has 10 atom stereocenters. The van der Waals surface area contributed by atoms with Crippen LogP contribution in [0.4, 0.5) is 0 Å². The summed E-state index contributed by atoms with van der Waals surface area (Å²) in [4.78, 5) is 91.0. The molecule has 4 rings (SSSR count). The summed E-state index contributed by atoms with van der Waals surface area (Å²) in [5.74, 6) is -6.44. The van der Waals surface area contributed by atoms with E-state index in [2.05, 4.69) is 0 Å². The molecule has 0 spiro atoms. The number of hydrogen-bond acceptors (Lipinski definition) is 11. The molecule has 0 aromatic heterocycles. The fourth-order valence-corrected chi connectivity index (χ4v) is 10.1. The Bertz CT molecular complexity index is 1600. The number of fused-ring (bicyclic) bond motifs is 4. The van der Waals surface area contributed by atoms with Gasteiger partial charge in [-0.15, -0.1) is 0 Å². The molecule has 2 fully saturated rings. The average Bonchev–Trinajstić information content (AvgIpc) is 3.22. The SMILES string of the molecule is CC(=O)OC1C(=O)C2=C(C(O)CC3C(C)(COC(=O)CC(C)(O)CC(=O)O)C(=O)CCC23C)C2(C)C(=O)CC(C(C)CCC=C(C)C(=O)O)C12C. The zero-order chi connectivity index (χ0) is 38.6. The first kappa shape index (κ1) is 40.1. The highest BCUT2D eigenvalue weighted by molar-refractivity contribution is 6.09. The van der Waals surface area contributed by atoms with Gasteiger partial charge in [0.05, 0.1) is 35.4 Å². The summed E-state index contributed by atoms with van der Waals surface area (Å²) in [6, 6.07) is 0. The van der Waals surface area contributed by atoms with Crippen molar-refractivity contribution in [2.45, 2.75) is 125 Å². The molecule has 0 saturated heterocycles. The number of aliphatic carboxylic acids is 2. The lowest BCUT2D eigenvalue weighted by Gasteiger charge is -2.61. The molecule has 4 aliphatic rings. The monoisotopic (exact) mass is 716 g/mol. The number of ether oxygens (including phenoxy) is 2. The van der Waals surface area contributed by atoms with Crippen LogP contribution >= 0.6 is 0 Å². The lowest BCUT2D eigenvalue weighted by Crippen LogP contribution is -2.65. The molecule has 0 aromatic rings. The molecular formula is C38H52O13. The van der Waals surface area contributed by atoms with E-state index in [1.807, 2.05) is 6.92 Å². The fraction of sp³-hybridized carbons (Fsp3) is 0.711. The second-order valence-electron chi connectivity index (χ2n) is 16.5. The number of rotatable bonds is 12. The standard InChI is InChI=1S/C38H52O13/c1-19(10-9-11-20(2)33(47)48)22-14-26(42)38(8)29-23(40)15-24-35(5,30(29)31(46)32(37(22,38)7)51-21(3)39)13-12-25(41)36(24,6)18-50-28(45)17-34(4,49)16-27(43)44/h11,19,22-24,32,40,49H,9-10,12-18H2,1-8H3,(H,43,44)(H,47,48). The first-order chi connectivity index (χ1) is 23.4. The van der Waals surface area contributed by atoms with Crippen LogP contribution in [0.1, 0.15) is 107 Å². The minimum absolute atomic E-state index is 0.0129. The van der Waals surface area contributed by atoms with Gasteiger partial charge in [-0.3, -0.25) is 28.8 Å². The highest BCUT2D eigenvalue weighted by Crippen LogP contribution is 2.71. The molecule has 4 aliphatic carbocycles. The molecule has 4 N–H and O–H groups in total. The van der Waals surface area contributed by atoms with E-state index >= 15 is 0 Å². The van der Waals surface area contributed by atoms with Crippen LogP contribution in [0.3, 0.4) is 0 Å². The molecule has 13 heteroatoms. The molecule has 0 aromatic carbocycles. The second kappa shape index (κ2) is 13.7. The number of hydrogen-bond donors (Lipinski definition) is 4. The predicted molar refractivity (Wildman–Crippen MR) is 180 cm³/mol. The molecule has 0 bridgehead atoms. The van der Waals surface area contributed by atoms with Gasteiger partial charge in [0.25, 0.3) is 0 Å². The third kappa shape index (κ3) is 6.60. The van der Waals surface area contributed by atoms with Gasteiger partial charge >= 0.3 is 23.9 Å². The van der Waals surface area contributed by atoms with Crippen LogP contribution < -0.4 is 0 Å². The van der Waals surface area contributed by atoms with Gasteiger partial charge in [-0.2, -0.15) is 0 Å². The first-order valence-electron chi connectivity index (χ1n) is 17.6. The van der Waals surface area contributed by atoms with E-state index in [-0.39, 0.29) is 59.9 Å². The molecule has 0 aliphatic heterocycles. The van der Waals surface area contributed by atoms with Crippen LogP contribution in [-0.4, -0.2) is 86.1 Å². The highest BCUT2D eigenvalue weighted by Gasteiger charge is 2.74. The van der Waals surface area contributed by atoms with Crippen LogP contribution in [0, 0.1) is 39.4 Å². The lowest BCUT2D eigenvalue weighted by atomic mass is 9.42. The average molecular weight is 717 g/mol. The predicted octanol–water partition coefficient (Wildman–Crippen LogP) is 3.76. The number of esters is 2. The van der Waals surface area contributed by atoms with Crippen molar-refractivity contribution in [3.63, 3.8) is 0 Å². The van der Waals surface area contributed by atoms with E-state index in [0.717, 1.165) is 0 Å². The third-order valence-electron chi connectivity index (χ3n) is 13.0. The molecule has 2 saturated carbocycles. The number of carbonyl (C=O) groups excluding carboxylic acids is 5. The van der Waals surface area contributed by atoms with E-state index in [4.69, 9.17) is 14.6 Å². The van der Waals surface area contributed by atoms with E-state index in [1.165, 1.54) is 20.8 Å². The zero-order valence-electron chi connectivity index (χ0n) is 30.8. The zero-order valence-corrected chi connectivity index (χ0v) is 30.8. The van der Waals surface area contributed by atoms with Crippen molar-refractivity contribution in [2.75, 3.05) is 6.61 Å². The summed E-state index contributed by atoms with van der Waals surface area (Å²) >= 11 is 0. The van der Waals surface area contributed by atoms with Crippen LogP contribution in [-0.2, 0) is 43.0 Å². The summed E-state index contributed by atoms with van der Waals surface area (Å²) in [7, 11) is 0. The largest absolute Gasteiger partial charge is 0.481 e. The van der Waals surface area contributed by atoms with Crippen LogP contribution in [0.15, 0.2) is 22.8 Å². The van der Waals surface area contributed by atoms with Crippen molar-refractivity contribution in [3.8, 4) is 0 Å². The molecule has 282 valence electrons. The Morgan fingerprint density at radius 3 is 2.22 bits per heavy atom. The fourth-order valence-electron chi connectivity index (χ4n) is 10.1. The van der Waals surface area contributed by atoms with Crippen LogP contribution in [0.5, 0.6) is 0 Å². The molecular weight excluding hydrogens is 664 g/mol. The Balaban J connectivity index is 1.79. The maximum atomic E-state index is 15.0. The van der Waals surface area contributed by atoms with Crippen molar-refractivity contribution in [2.24, 2.45) is 39.4 Å². The van der Waals surface area contributed by atoms with Gasteiger partial charge in [0.15, 0.2) is 6.10 Å². The number of ketones is 3. The highest BCUT2D eigenvalue weighted by atomic mass is 16.5. The van der Waals surface area contributed by atoms with Crippen molar-refractivity contribution in [1.29, 1.82) is 0 Å². The van der Waals surface area contributed by atoms with E-state index < -0.39 is 100 Å². The van der Waals surface area contributed by atoms with Crippen molar-refractivity contribution in [3.05, 3.63) is 22.8 Å². The van der Waals surface area contributed by atoms with E-state index in [1.54, 1.807) is 33.8 Å². The number of carbonyl (C=O) groups is 7. The Morgan fingerprint density at radius 1 is 1.02 bits per heavy atom. The normalized spacial score (nSPS) is 36.7.